The van der Waals surface area contributed by atoms with Crippen LogP contribution in [0.5, 0.6) is 5.75 Å². The molecule has 2 nitrogen and oxygen atoms in total. The Bertz CT molecular complexity index is 366. The highest BCUT2D eigenvalue weighted by molar-refractivity contribution is 5.40. The van der Waals surface area contributed by atoms with Crippen molar-refractivity contribution < 1.29 is 4.74 Å². The van der Waals surface area contributed by atoms with Gasteiger partial charge in [-0.05, 0) is 39.7 Å². The molecule has 0 aliphatic heterocycles. The fourth-order valence-electron chi connectivity index (χ4n) is 1.74. The number of benzene rings is 1. The van der Waals surface area contributed by atoms with E-state index in [1.165, 1.54) is 17.5 Å². The highest BCUT2D eigenvalue weighted by Gasteiger charge is 2.12. The topological polar surface area (TPSA) is 21.3 Å². The summed E-state index contributed by atoms with van der Waals surface area (Å²) in [5.41, 5.74) is 2.60. The second-order valence-electron chi connectivity index (χ2n) is 5.87. The van der Waals surface area contributed by atoms with Crippen LogP contribution >= 0.6 is 0 Å². The highest BCUT2D eigenvalue weighted by Crippen LogP contribution is 2.24. The number of nitrogens with one attached hydrogen (secondary N) is 1. The summed E-state index contributed by atoms with van der Waals surface area (Å²) in [6.07, 6.45) is 2.28. The Morgan fingerprint density at radius 2 is 1.94 bits per heavy atom. The van der Waals surface area contributed by atoms with Gasteiger partial charge in [-0.2, -0.15) is 0 Å². The first-order valence-corrected chi connectivity index (χ1v) is 6.90. The molecule has 18 heavy (non-hydrogen) atoms. The van der Waals surface area contributed by atoms with Crippen LogP contribution in [0.25, 0.3) is 0 Å². The Hall–Kier alpha value is -1.02. The molecule has 0 amide bonds. The lowest BCUT2D eigenvalue weighted by molar-refractivity contribution is 0.301. The second-order valence-corrected chi connectivity index (χ2v) is 5.87. The Morgan fingerprint density at radius 1 is 1.22 bits per heavy atom. The van der Waals surface area contributed by atoms with E-state index in [0.29, 0.717) is 0 Å². The molecule has 0 saturated carbocycles. The first-order valence-electron chi connectivity index (χ1n) is 6.90. The number of hydrogen-bond acceptors (Lipinski definition) is 2. The maximum Gasteiger partial charge on any atom is 0.126 e. The minimum atomic E-state index is 0.129. The van der Waals surface area contributed by atoms with E-state index >= 15 is 0 Å². The first kappa shape index (κ1) is 15.0. The largest absolute Gasteiger partial charge is 0.493 e. The Morgan fingerprint density at radius 3 is 2.56 bits per heavy atom. The molecule has 0 bridgehead atoms. The summed E-state index contributed by atoms with van der Waals surface area (Å²) >= 11 is 0. The number of para-hydroxylation sites is 1. The summed E-state index contributed by atoms with van der Waals surface area (Å²) in [6.45, 7) is 12.5. The fraction of sp³-hybridized carbons (Fsp3) is 0.625. The van der Waals surface area contributed by atoms with Crippen LogP contribution in [0.1, 0.15) is 51.7 Å². The molecule has 102 valence electrons. The predicted octanol–water partition coefficient (Wildman–Crippen LogP) is 4.06. The molecule has 0 spiro atoms. The Balaban J connectivity index is 2.73. The minimum Gasteiger partial charge on any atom is -0.493 e. The zero-order valence-electron chi connectivity index (χ0n) is 12.5. The van der Waals surface area contributed by atoms with E-state index in [4.69, 9.17) is 4.74 Å². The molecule has 0 aliphatic rings. The van der Waals surface area contributed by atoms with Crippen molar-refractivity contribution in [3.63, 3.8) is 0 Å². The number of ether oxygens (including phenoxy) is 1. The van der Waals surface area contributed by atoms with Gasteiger partial charge in [0.2, 0.25) is 0 Å². The molecule has 1 aromatic carbocycles. The van der Waals surface area contributed by atoms with Crippen LogP contribution in [-0.4, -0.2) is 12.1 Å². The maximum absolute atomic E-state index is 5.93. The van der Waals surface area contributed by atoms with Crippen LogP contribution in [0.4, 0.5) is 0 Å². The van der Waals surface area contributed by atoms with Crippen molar-refractivity contribution in [2.75, 3.05) is 6.61 Å². The lowest BCUT2D eigenvalue weighted by Crippen LogP contribution is -2.35. The van der Waals surface area contributed by atoms with Crippen LogP contribution in [0.15, 0.2) is 18.2 Å². The number of hydrogen-bond donors (Lipinski definition) is 1. The van der Waals surface area contributed by atoms with Gasteiger partial charge in [-0.25, -0.2) is 0 Å². The second kappa shape index (κ2) is 6.79. The zero-order chi connectivity index (χ0) is 13.6. The van der Waals surface area contributed by atoms with Crippen molar-refractivity contribution in [3.8, 4) is 5.75 Å². The molecule has 0 saturated heterocycles. The monoisotopic (exact) mass is 249 g/mol. The van der Waals surface area contributed by atoms with Crippen molar-refractivity contribution in [1.82, 2.24) is 5.32 Å². The Kier molecular flexibility index (Phi) is 5.67. The third kappa shape index (κ3) is 5.09. The van der Waals surface area contributed by atoms with Gasteiger partial charge in [0.15, 0.2) is 0 Å². The van der Waals surface area contributed by atoms with E-state index in [1.54, 1.807) is 0 Å². The lowest BCUT2D eigenvalue weighted by Gasteiger charge is -2.22. The normalized spacial score (nSPS) is 11.6. The summed E-state index contributed by atoms with van der Waals surface area (Å²) < 4.78 is 5.93. The van der Waals surface area contributed by atoms with Gasteiger partial charge in [-0.3, -0.25) is 0 Å². The minimum absolute atomic E-state index is 0.129. The quantitative estimate of drug-likeness (QED) is 0.768. The molecule has 0 aliphatic carbocycles. The van der Waals surface area contributed by atoms with E-state index in [-0.39, 0.29) is 5.54 Å². The summed E-state index contributed by atoms with van der Waals surface area (Å²) in [5.74, 6) is 1.06. The molecule has 0 atom stereocenters. The van der Waals surface area contributed by atoms with Crippen molar-refractivity contribution in [3.05, 3.63) is 29.3 Å². The molecule has 1 aromatic rings. The van der Waals surface area contributed by atoms with Crippen molar-refractivity contribution in [1.29, 1.82) is 0 Å². The molecule has 0 heterocycles. The van der Waals surface area contributed by atoms with Crippen molar-refractivity contribution >= 4 is 0 Å². The molecule has 0 unspecified atom stereocenters. The number of unbranched alkanes of at least 4 members (excludes halogenated alkanes) is 1. The first-order chi connectivity index (χ1) is 8.44. The van der Waals surface area contributed by atoms with Gasteiger partial charge in [0.25, 0.3) is 0 Å². The Labute approximate surface area is 112 Å². The molecule has 0 aromatic heterocycles. The molecule has 0 radical (unpaired) electrons. The van der Waals surface area contributed by atoms with Crippen LogP contribution < -0.4 is 10.1 Å². The van der Waals surface area contributed by atoms with Crippen LogP contribution in [0, 0.1) is 6.92 Å². The predicted molar refractivity (Wildman–Crippen MR) is 78.2 cm³/mol. The highest BCUT2D eigenvalue weighted by atomic mass is 16.5. The SMILES string of the molecule is CCCCOc1c(C)cccc1CNC(C)(C)C. The van der Waals surface area contributed by atoms with Gasteiger partial charge >= 0.3 is 0 Å². The van der Waals surface area contributed by atoms with E-state index in [0.717, 1.165) is 25.3 Å². The third-order valence-electron chi connectivity index (χ3n) is 2.85. The van der Waals surface area contributed by atoms with E-state index < -0.39 is 0 Å². The van der Waals surface area contributed by atoms with Gasteiger partial charge in [-0.15, -0.1) is 0 Å². The number of rotatable bonds is 6. The molecular weight excluding hydrogens is 222 g/mol. The summed E-state index contributed by atoms with van der Waals surface area (Å²) in [5, 5.41) is 3.52. The van der Waals surface area contributed by atoms with E-state index in [2.05, 4.69) is 58.1 Å². The van der Waals surface area contributed by atoms with Gasteiger partial charge in [0.1, 0.15) is 5.75 Å². The van der Waals surface area contributed by atoms with Gasteiger partial charge < -0.3 is 10.1 Å². The van der Waals surface area contributed by atoms with Gasteiger partial charge in [0.05, 0.1) is 6.61 Å². The summed E-state index contributed by atoms with van der Waals surface area (Å²) in [6, 6.07) is 6.36. The fourth-order valence-corrected chi connectivity index (χ4v) is 1.74. The average molecular weight is 249 g/mol. The van der Waals surface area contributed by atoms with E-state index in [1.807, 2.05) is 0 Å². The summed E-state index contributed by atoms with van der Waals surface area (Å²) in [4.78, 5) is 0. The third-order valence-corrected chi connectivity index (χ3v) is 2.85. The zero-order valence-corrected chi connectivity index (χ0v) is 12.5. The molecular formula is C16H27NO. The van der Waals surface area contributed by atoms with Crippen LogP contribution in [0.2, 0.25) is 0 Å². The molecule has 1 rings (SSSR count). The van der Waals surface area contributed by atoms with Gasteiger partial charge in [-0.1, -0.05) is 31.5 Å². The standard InChI is InChI=1S/C16H27NO/c1-6-7-11-18-15-13(2)9-8-10-14(15)12-17-16(3,4)5/h8-10,17H,6-7,11-12H2,1-5H3. The molecule has 1 N–H and O–H groups in total. The maximum atomic E-state index is 5.93. The lowest BCUT2D eigenvalue weighted by atomic mass is 10.1. The van der Waals surface area contributed by atoms with Gasteiger partial charge in [0, 0.05) is 17.6 Å². The molecule has 0 fully saturated rings. The van der Waals surface area contributed by atoms with Crippen molar-refractivity contribution in [2.45, 2.75) is 59.5 Å². The van der Waals surface area contributed by atoms with Crippen LogP contribution in [0.3, 0.4) is 0 Å². The smallest absolute Gasteiger partial charge is 0.126 e. The van der Waals surface area contributed by atoms with Crippen LogP contribution in [-0.2, 0) is 6.54 Å². The number of aryl methyl sites for hydroxylation is 1. The van der Waals surface area contributed by atoms with E-state index in [9.17, 15) is 0 Å². The molecule has 2 heteroatoms. The average Bonchev–Trinajstić information content (AvgIpc) is 2.28. The summed E-state index contributed by atoms with van der Waals surface area (Å²) in [7, 11) is 0. The van der Waals surface area contributed by atoms with Crippen molar-refractivity contribution in [2.24, 2.45) is 0 Å².